The maximum absolute atomic E-state index is 14.0. The number of nitrogens with two attached hydrogens (primary N) is 1. The first-order chi connectivity index (χ1) is 15.9. The van der Waals surface area contributed by atoms with Crippen LogP contribution in [0.3, 0.4) is 0 Å². The van der Waals surface area contributed by atoms with Crippen molar-refractivity contribution in [1.82, 2.24) is 24.1 Å². The molecule has 164 valence electrons. The minimum atomic E-state index is -1.19. The van der Waals surface area contributed by atoms with Gasteiger partial charge < -0.3 is 16.2 Å². The number of nitrogens with one attached hydrogen (secondary N) is 1. The second-order valence-corrected chi connectivity index (χ2v) is 6.73. The summed E-state index contributed by atoms with van der Waals surface area (Å²) < 4.78 is 30.0. The van der Waals surface area contributed by atoms with Crippen LogP contribution in [0.25, 0.3) is 11.2 Å². The highest BCUT2D eigenvalue weighted by Crippen LogP contribution is 2.24. The van der Waals surface area contributed by atoms with Gasteiger partial charge in [-0.15, -0.1) is 0 Å². The molecule has 0 unspecified atom stereocenters. The fourth-order valence-electron chi connectivity index (χ4n) is 3.29. The molecule has 0 aliphatic rings. The third kappa shape index (κ3) is 3.69. The smallest absolute Gasteiger partial charge is 0.283 e. The van der Waals surface area contributed by atoms with Gasteiger partial charge >= 0.3 is 0 Å². The lowest BCUT2D eigenvalue weighted by Gasteiger charge is -2.21. The molecule has 0 fully saturated rings. The summed E-state index contributed by atoms with van der Waals surface area (Å²) >= 11 is 0. The number of anilines is 2. The minimum Gasteiger partial charge on any atom is -0.394 e. The Bertz CT molecular complexity index is 1510. The Morgan fingerprint density at radius 3 is 2.55 bits per heavy atom. The van der Waals surface area contributed by atoms with Gasteiger partial charge in [0.15, 0.2) is 5.82 Å². The molecule has 0 radical (unpaired) electrons. The summed E-state index contributed by atoms with van der Waals surface area (Å²) in [6.07, 6.45) is 2.44. The summed E-state index contributed by atoms with van der Waals surface area (Å²) in [5.41, 5.74) is 4.40. The van der Waals surface area contributed by atoms with E-state index in [1.54, 1.807) is 0 Å². The lowest BCUT2D eigenvalue weighted by molar-refractivity contribution is 0.269. The van der Waals surface area contributed by atoms with E-state index in [-0.39, 0.29) is 39.8 Å². The number of benzene rings is 1. The molecule has 3 heterocycles. The monoisotopic (exact) mass is 449 g/mol. The summed E-state index contributed by atoms with van der Waals surface area (Å²) in [6, 6.07) is 6.29. The highest BCUT2D eigenvalue weighted by atomic mass is 19.1. The number of aliphatic hydroxyl groups excluding tert-OH is 1. The van der Waals surface area contributed by atoms with Gasteiger partial charge in [-0.05, 0) is 18.2 Å². The molecule has 0 spiro atoms. The van der Waals surface area contributed by atoms with Crippen LogP contribution in [0.15, 0.2) is 41.6 Å². The quantitative estimate of drug-likeness (QED) is 0.402. The van der Waals surface area contributed by atoms with Crippen molar-refractivity contribution >= 4 is 17.2 Å². The van der Waals surface area contributed by atoms with Crippen molar-refractivity contribution in [3.63, 3.8) is 0 Å². The van der Waals surface area contributed by atoms with Crippen molar-refractivity contribution < 1.29 is 13.9 Å². The molecule has 0 aliphatic heterocycles. The van der Waals surface area contributed by atoms with Gasteiger partial charge in [0.1, 0.15) is 58.9 Å². The second kappa shape index (κ2) is 8.33. The number of nitrogen functional groups attached to an aromatic ring is 1. The number of hydrogen-bond acceptors (Lipinski definition) is 9. The first-order valence-electron chi connectivity index (χ1n) is 9.26. The van der Waals surface area contributed by atoms with Crippen LogP contribution in [0, 0.1) is 34.3 Å². The average molecular weight is 449 g/mol. The van der Waals surface area contributed by atoms with Gasteiger partial charge in [0.05, 0.1) is 17.9 Å². The molecule has 33 heavy (non-hydrogen) atoms. The van der Waals surface area contributed by atoms with Gasteiger partial charge in [-0.2, -0.15) is 15.6 Å². The van der Waals surface area contributed by atoms with E-state index in [0.717, 1.165) is 27.5 Å². The van der Waals surface area contributed by atoms with Crippen LogP contribution in [0.2, 0.25) is 0 Å². The van der Waals surface area contributed by atoms with Crippen molar-refractivity contribution in [2.45, 2.75) is 6.04 Å². The van der Waals surface area contributed by atoms with Crippen LogP contribution in [-0.4, -0.2) is 35.9 Å². The van der Waals surface area contributed by atoms with Gasteiger partial charge in [-0.1, -0.05) is 0 Å². The van der Waals surface area contributed by atoms with E-state index in [0.29, 0.717) is 6.07 Å². The SMILES string of the molecule is N#Cc1c(N)ncnc1N[C@@H](CO)c1nn2ccc(C#N)c2c(=O)n1-c1cc(F)cc(F)c1. The molecule has 4 rings (SSSR count). The van der Waals surface area contributed by atoms with Crippen molar-refractivity contribution in [3.05, 3.63) is 75.7 Å². The normalized spacial score (nSPS) is 11.7. The summed E-state index contributed by atoms with van der Waals surface area (Å²) in [5.74, 6) is -2.27. The molecular weight excluding hydrogens is 436 g/mol. The van der Waals surface area contributed by atoms with Gasteiger partial charge in [-0.3, -0.25) is 9.36 Å². The fraction of sp³-hybridized carbons (Fsp3) is 0.100. The van der Waals surface area contributed by atoms with Crippen LogP contribution in [0.4, 0.5) is 20.4 Å². The minimum absolute atomic E-state index is 0.00600. The Morgan fingerprint density at radius 1 is 1.18 bits per heavy atom. The topological polar surface area (TPSA) is 171 Å². The Kier molecular flexibility index (Phi) is 5.39. The molecule has 4 N–H and O–H groups in total. The molecule has 0 bridgehead atoms. The van der Waals surface area contributed by atoms with Crippen molar-refractivity contribution in [2.24, 2.45) is 0 Å². The summed E-state index contributed by atoms with van der Waals surface area (Å²) in [5, 5.41) is 35.8. The van der Waals surface area contributed by atoms with Crippen molar-refractivity contribution in [3.8, 4) is 17.8 Å². The van der Waals surface area contributed by atoms with Crippen LogP contribution in [0.5, 0.6) is 0 Å². The second-order valence-electron chi connectivity index (χ2n) is 6.73. The molecule has 0 saturated heterocycles. The highest BCUT2D eigenvalue weighted by Gasteiger charge is 2.25. The van der Waals surface area contributed by atoms with E-state index < -0.39 is 29.8 Å². The molecular formula is C20H13F2N9O2. The molecule has 11 nitrogen and oxygen atoms in total. The Hall–Kier alpha value is -4.88. The average Bonchev–Trinajstić information content (AvgIpc) is 3.20. The van der Waals surface area contributed by atoms with Crippen LogP contribution >= 0.6 is 0 Å². The number of nitrogens with zero attached hydrogens (tertiary/aromatic N) is 7. The maximum Gasteiger partial charge on any atom is 0.283 e. The molecule has 0 amide bonds. The standard InChI is InChI=1S/C20H13F2N9O2/c21-11-3-12(22)5-13(4-11)31-19(29-30-2-1-10(6-23)16(30)20(31)33)15(8-32)28-18-14(7-24)17(25)26-9-27-18/h1-5,9,15,32H,8H2,(H3,25,26,27,28)/t15-/m0/s1. The predicted molar refractivity (Wildman–Crippen MR) is 110 cm³/mol. The van der Waals surface area contributed by atoms with E-state index in [4.69, 9.17) is 5.73 Å². The van der Waals surface area contributed by atoms with Crippen LogP contribution < -0.4 is 16.6 Å². The largest absolute Gasteiger partial charge is 0.394 e. The lowest BCUT2D eigenvalue weighted by Crippen LogP contribution is -2.32. The van der Waals surface area contributed by atoms with E-state index in [9.17, 15) is 29.2 Å². The zero-order valence-corrected chi connectivity index (χ0v) is 16.6. The highest BCUT2D eigenvalue weighted by molar-refractivity contribution is 5.63. The number of hydrogen-bond donors (Lipinski definition) is 3. The zero-order chi connectivity index (χ0) is 23.7. The third-order valence-electron chi connectivity index (χ3n) is 4.73. The molecule has 3 aromatic heterocycles. The van der Waals surface area contributed by atoms with E-state index >= 15 is 0 Å². The Labute approximate surface area is 183 Å². The number of aromatic nitrogens is 5. The molecule has 0 aliphatic carbocycles. The fourth-order valence-corrected chi connectivity index (χ4v) is 3.29. The number of rotatable bonds is 5. The molecule has 1 aromatic carbocycles. The maximum atomic E-state index is 14.0. The molecule has 4 aromatic rings. The molecule has 1 atom stereocenters. The number of halogens is 2. The Balaban J connectivity index is 2.00. The van der Waals surface area contributed by atoms with Gasteiger partial charge in [-0.25, -0.2) is 23.3 Å². The van der Waals surface area contributed by atoms with Gasteiger partial charge in [0.2, 0.25) is 0 Å². The van der Waals surface area contributed by atoms with E-state index in [1.165, 1.54) is 12.3 Å². The third-order valence-corrected chi connectivity index (χ3v) is 4.73. The van der Waals surface area contributed by atoms with Crippen LogP contribution in [-0.2, 0) is 0 Å². The number of aliphatic hydroxyl groups is 1. The number of fused-ring (bicyclic) bond motifs is 1. The van der Waals surface area contributed by atoms with Crippen molar-refractivity contribution in [1.29, 1.82) is 10.5 Å². The van der Waals surface area contributed by atoms with E-state index in [1.807, 2.05) is 12.1 Å². The Morgan fingerprint density at radius 2 is 1.91 bits per heavy atom. The van der Waals surface area contributed by atoms with Crippen molar-refractivity contribution in [2.75, 3.05) is 17.7 Å². The lowest BCUT2D eigenvalue weighted by atomic mass is 10.2. The molecule has 13 heteroatoms. The summed E-state index contributed by atoms with van der Waals surface area (Å²) in [4.78, 5) is 21.0. The summed E-state index contributed by atoms with van der Waals surface area (Å²) in [7, 11) is 0. The summed E-state index contributed by atoms with van der Waals surface area (Å²) in [6.45, 7) is -0.670. The van der Waals surface area contributed by atoms with Gasteiger partial charge in [0, 0.05) is 12.3 Å². The molecule has 0 saturated carbocycles. The van der Waals surface area contributed by atoms with Crippen LogP contribution in [0.1, 0.15) is 23.0 Å². The van der Waals surface area contributed by atoms with E-state index in [2.05, 4.69) is 20.4 Å². The zero-order valence-electron chi connectivity index (χ0n) is 16.6. The van der Waals surface area contributed by atoms with Gasteiger partial charge in [0.25, 0.3) is 5.56 Å². The predicted octanol–water partition coefficient (Wildman–Crippen LogP) is 1.02. The first-order valence-corrected chi connectivity index (χ1v) is 9.26. The first kappa shape index (κ1) is 21.4. The number of nitriles is 2.